The van der Waals surface area contributed by atoms with E-state index in [2.05, 4.69) is 15.4 Å². The molecule has 8 nitrogen and oxygen atoms in total. The van der Waals surface area contributed by atoms with Gasteiger partial charge in [0, 0.05) is 11.9 Å². The van der Waals surface area contributed by atoms with Crippen LogP contribution in [-0.2, 0) is 13.1 Å². The van der Waals surface area contributed by atoms with Gasteiger partial charge in [0.25, 0.3) is 11.5 Å². The minimum Gasteiger partial charge on any atom is -0.451 e. The number of nitrogens with zero attached hydrogens (tertiary/aromatic N) is 4. The van der Waals surface area contributed by atoms with Crippen molar-refractivity contribution in [3.63, 3.8) is 0 Å². The van der Waals surface area contributed by atoms with E-state index in [9.17, 15) is 9.59 Å². The number of carbonyl (C=O) groups is 1. The Morgan fingerprint density at radius 1 is 1.06 bits per heavy atom. The van der Waals surface area contributed by atoms with E-state index in [0.29, 0.717) is 36.3 Å². The Labute approximate surface area is 176 Å². The second kappa shape index (κ2) is 7.91. The van der Waals surface area contributed by atoms with E-state index in [1.54, 1.807) is 15.3 Å². The molecule has 2 aromatic carbocycles. The summed E-state index contributed by atoms with van der Waals surface area (Å²) in [6.45, 7) is 1.15. The molecule has 0 aliphatic carbocycles. The zero-order valence-electron chi connectivity index (χ0n) is 16.6. The van der Waals surface area contributed by atoms with E-state index in [-0.39, 0.29) is 17.2 Å². The van der Waals surface area contributed by atoms with Gasteiger partial charge in [-0.05, 0) is 17.7 Å². The number of fused-ring (bicyclic) bond motifs is 2. The summed E-state index contributed by atoms with van der Waals surface area (Å²) in [5.41, 5.74) is 2.03. The molecule has 0 saturated heterocycles. The predicted molar refractivity (Wildman–Crippen MR) is 116 cm³/mol. The van der Waals surface area contributed by atoms with Crippen molar-refractivity contribution in [2.75, 3.05) is 6.54 Å². The highest BCUT2D eigenvalue weighted by Gasteiger charge is 2.13. The van der Waals surface area contributed by atoms with Gasteiger partial charge in [-0.1, -0.05) is 48.5 Å². The highest BCUT2D eigenvalue weighted by atomic mass is 16.3. The number of amides is 1. The van der Waals surface area contributed by atoms with Gasteiger partial charge < -0.3 is 9.73 Å². The Bertz CT molecular complexity index is 1400. The van der Waals surface area contributed by atoms with Gasteiger partial charge in [-0.25, -0.2) is 9.67 Å². The molecule has 31 heavy (non-hydrogen) atoms. The van der Waals surface area contributed by atoms with Crippen molar-refractivity contribution in [2.45, 2.75) is 13.1 Å². The average molecular weight is 413 g/mol. The minimum atomic E-state index is -0.300. The number of hydrogen-bond donors (Lipinski definition) is 1. The number of para-hydroxylation sites is 1. The summed E-state index contributed by atoms with van der Waals surface area (Å²) < 4.78 is 8.75. The van der Waals surface area contributed by atoms with Crippen molar-refractivity contribution in [1.29, 1.82) is 0 Å². The fourth-order valence-electron chi connectivity index (χ4n) is 3.51. The number of rotatable bonds is 6. The van der Waals surface area contributed by atoms with Gasteiger partial charge in [-0.3, -0.25) is 14.2 Å². The van der Waals surface area contributed by atoms with Crippen LogP contribution in [0.15, 0.2) is 82.4 Å². The molecule has 3 aromatic heterocycles. The lowest BCUT2D eigenvalue weighted by atomic mass is 10.2. The van der Waals surface area contributed by atoms with E-state index in [1.165, 1.54) is 12.5 Å². The number of hydrogen-bond acceptors (Lipinski definition) is 5. The Kier molecular flexibility index (Phi) is 4.80. The van der Waals surface area contributed by atoms with E-state index in [0.717, 1.165) is 10.9 Å². The van der Waals surface area contributed by atoms with Gasteiger partial charge in [0.05, 0.1) is 19.3 Å². The van der Waals surface area contributed by atoms with Crippen molar-refractivity contribution in [1.82, 2.24) is 24.6 Å². The quantitative estimate of drug-likeness (QED) is 0.462. The van der Waals surface area contributed by atoms with Gasteiger partial charge in [0.15, 0.2) is 11.4 Å². The molecule has 0 unspecified atom stereocenters. The highest BCUT2D eigenvalue weighted by Crippen LogP contribution is 2.18. The van der Waals surface area contributed by atoms with Crippen molar-refractivity contribution < 1.29 is 9.21 Å². The Morgan fingerprint density at radius 3 is 2.71 bits per heavy atom. The molecule has 0 atom stereocenters. The lowest BCUT2D eigenvalue weighted by molar-refractivity contribution is 0.0926. The number of aromatic nitrogens is 4. The average Bonchev–Trinajstić information content (AvgIpc) is 3.41. The summed E-state index contributed by atoms with van der Waals surface area (Å²) >= 11 is 0. The molecule has 0 radical (unpaired) electrons. The zero-order valence-corrected chi connectivity index (χ0v) is 16.6. The first kappa shape index (κ1) is 18.8. The number of nitrogens with one attached hydrogen (secondary N) is 1. The fraction of sp³-hybridized carbons (Fsp3) is 0.130. The third kappa shape index (κ3) is 3.71. The summed E-state index contributed by atoms with van der Waals surface area (Å²) in [5, 5.41) is 8.41. The third-order valence-electron chi connectivity index (χ3n) is 5.08. The standard InChI is InChI=1S/C23H19N5O3/c29-22(20-12-17-8-4-5-9-19(17)31-20)24-10-11-28-21-18(13-26-28)23(30)27(15-25-21)14-16-6-2-1-3-7-16/h1-9,12-13,15H,10-11,14H2,(H,24,29). The molecule has 3 heterocycles. The van der Waals surface area contributed by atoms with Crippen LogP contribution < -0.4 is 10.9 Å². The summed E-state index contributed by atoms with van der Waals surface area (Å²) in [6.07, 6.45) is 3.05. The summed E-state index contributed by atoms with van der Waals surface area (Å²) in [7, 11) is 0. The predicted octanol–water partition coefficient (Wildman–Crippen LogP) is 2.82. The summed E-state index contributed by atoms with van der Waals surface area (Å²) in [6, 6.07) is 18.9. The zero-order chi connectivity index (χ0) is 21.2. The monoisotopic (exact) mass is 413 g/mol. The van der Waals surface area contributed by atoms with Crippen LogP contribution in [0.2, 0.25) is 0 Å². The maximum atomic E-state index is 12.8. The molecule has 154 valence electrons. The number of carbonyl (C=O) groups excluding carboxylic acids is 1. The molecule has 1 N–H and O–H groups in total. The van der Waals surface area contributed by atoms with Crippen LogP contribution in [0.4, 0.5) is 0 Å². The van der Waals surface area contributed by atoms with Gasteiger partial charge in [-0.15, -0.1) is 0 Å². The van der Waals surface area contributed by atoms with Crippen LogP contribution in [0.25, 0.3) is 22.0 Å². The van der Waals surface area contributed by atoms with Gasteiger partial charge in [-0.2, -0.15) is 5.10 Å². The van der Waals surface area contributed by atoms with Crippen molar-refractivity contribution in [2.24, 2.45) is 0 Å². The summed E-state index contributed by atoms with van der Waals surface area (Å²) in [5.74, 6) is -0.0423. The lowest BCUT2D eigenvalue weighted by Crippen LogP contribution is -2.27. The van der Waals surface area contributed by atoms with Gasteiger partial charge in [0.1, 0.15) is 17.3 Å². The molecule has 0 aliphatic rings. The molecule has 5 rings (SSSR count). The molecule has 0 spiro atoms. The van der Waals surface area contributed by atoms with Crippen LogP contribution in [0.5, 0.6) is 0 Å². The van der Waals surface area contributed by atoms with E-state index in [4.69, 9.17) is 4.42 Å². The second-order valence-electron chi connectivity index (χ2n) is 7.17. The first-order valence-electron chi connectivity index (χ1n) is 9.91. The first-order chi connectivity index (χ1) is 15.2. The molecular weight excluding hydrogens is 394 g/mol. The summed E-state index contributed by atoms with van der Waals surface area (Å²) in [4.78, 5) is 29.6. The van der Waals surface area contributed by atoms with E-state index >= 15 is 0 Å². The largest absolute Gasteiger partial charge is 0.451 e. The molecule has 1 amide bonds. The van der Waals surface area contributed by atoms with Crippen molar-refractivity contribution in [3.05, 3.63) is 94.9 Å². The van der Waals surface area contributed by atoms with Crippen LogP contribution in [-0.4, -0.2) is 31.8 Å². The molecule has 8 heteroatoms. The fourth-order valence-corrected chi connectivity index (χ4v) is 3.51. The van der Waals surface area contributed by atoms with Crippen LogP contribution >= 0.6 is 0 Å². The Morgan fingerprint density at radius 2 is 1.87 bits per heavy atom. The first-order valence-corrected chi connectivity index (χ1v) is 9.91. The van der Waals surface area contributed by atoms with Crippen molar-refractivity contribution >= 4 is 27.9 Å². The van der Waals surface area contributed by atoms with Crippen LogP contribution in [0, 0.1) is 0 Å². The van der Waals surface area contributed by atoms with E-state index < -0.39 is 0 Å². The molecule has 0 saturated carbocycles. The topological polar surface area (TPSA) is 95.0 Å². The Hall–Kier alpha value is -4.20. The van der Waals surface area contributed by atoms with Crippen LogP contribution in [0.1, 0.15) is 16.1 Å². The Balaban J connectivity index is 1.28. The van der Waals surface area contributed by atoms with Crippen molar-refractivity contribution in [3.8, 4) is 0 Å². The number of furan rings is 1. The minimum absolute atomic E-state index is 0.147. The third-order valence-corrected chi connectivity index (χ3v) is 5.08. The van der Waals surface area contributed by atoms with E-state index in [1.807, 2.05) is 54.6 Å². The van der Waals surface area contributed by atoms with Gasteiger partial charge >= 0.3 is 0 Å². The molecule has 0 fully saturated rings. The number of benzene rings is 2. The molecule has 0 aliphatic heterocycles. The van der Waals surface area contributed by atoms with Crippen LogP contribution in [0.3, 0.4) is 0 Å². The molecule has 5 aromatic rings. The SMILES string of the molecule is O=C(NCCn1ncc2c(=O)n(Cc3ccccc3)cnc21)c1cc2ccccc2o1. The normalized spacial score (nSPS) is 11.2. The molecular formula is C23H19N5O3. The smallest absolute Gasteiger partial charge is 0.287 e. The maximum absolute atomic E-state index is 12.8. The lowest BCUT2D eigenvalue weighted by Gasteiger charge is -2.07. The highest BCUT2D eigenvalue weighted by molar-refractivity contribution is 5.96. The second-order valence-corrected chi connectivity index (χ2v) is 7.17. The van der Waals surface area contributed by atoms with Gasteiger partial charge in [0.2, 0.25) is 0 Å². The maximum Gasteiger partial charge on any atom is 0.287 e. The molecule has 0 bridgehead atoms.